The van der Waals surface area contributed by atoms with Gasteiger partial charge in [0.15, 0.2) is 0 Å². The number of benzene rings is 3. The number of nitrogens with zero attached hydrogens (tertiary/aromatic N) is 4. The first kappa shape index (κ1) is 21.9. The van der Waals surface area contributed by atoms with Crippen molar-refractivity contribution in [2.75, 3.05) is 7.05 Å². The quantitative estimate of drug-likeness (QED) is 0.334. The van der Waals surface area contributed by atoms with Crippen LogP contribution in [0, 0.1) is 0 Å². The monoisotopic (exact) mass is 469 g/mol. The number of carbonyl (C=O) groups excluding carboxylic acids is 1. The Morgan fingerprint density at radius 1 is 1.00 bits per heavy atom. The first-order chi connectivity index (χ1) is 16.6. The van der Waals surface area contributed by atoms with Gasteiger partial charge >= 0.3 is 0 Å². The van der Waals surface area contributed by atoms with Gasteiger partial charge in [-0.25, -0.2) is 9.67 Å². The number of imidazole rings is 1. The molecule has 34 heavy (non-hydrogen) atoms. The zero-order valence-corrected chi connectivity index (χ0v) is 19.5. The van der Waals surface area contributed by atoms with Crippen LogP contribution in [0.4, 0.5) is 0 Å². The summed E-state index contributed by atoms with van der Waals surface area (Å²) in [6, 6.07) is 25.4. The third-order valence-corrected chi connectivity index (χ3v) is 6.03. The van der Waals surface area contributed by atoms with Crippen molar-refractivity contribution in [3.05, 3.63) is 101 Å². The molecule has 3 aromatic carbocycles. The second-order valence-electron chi connectivity index (χ2n) is 8.24. The smallest absolute Gasteiger partial charge is 0.223 e. The number of para-hydroxylation sites is 3. The number of carbonyl (C=O) groups is 1. The highest BCUT2D eigenvalue weighted by Gasteiger charge is 2.17. The van der Waals surface area contributed by atoms with E-state index in [0.717, 1.165) is 39.4 Å². The lowest BCUT2D eigenvalue weighted by Gasteiger charge is -2.17. The maximum absolute atomic E-state index is 12.9. The topological polar surface area (TPSA) is 66.8 Å². The number of H-pyrrole nitrogens is 1. The van der Waals surface area contributed by atoms with Crippen LogP contribution >= 0.6 is 11.6 Å². The molecule has 5 aromatic rings. The molecule has 0 spiro atoms. The second kappa shape index (κ2) is 9.53. The van der Waals surface area contributed by atoms with Gasteiger partial charge < -0.3 is 9.88 Å². The van der Waals surface area contributed by atoms with Crippen LogP contribution in [0.2, 0.25) is 5.02 Å². The van der Waals surface area contributed by atoms with Crippen molar-refractivity contribution in [3.8, 4) is 16.9 Å². The summed E-state index contributed by atoms with van der Waals surface area (Å²) in [5.41, 5.74) is 5.61. The van der Waals surface area contributed by atoms with Gasteiger partial charge in [-0.05, 0) is 36.4 Å². The summed E-state index contributed by atoms with van der Waals surface area (Å²) in [5.74, 6) is 0.872. The Hall–Kier alpha value is -3.90. The molecule has 2 aromatic heterocycles. The van der Waals surface area contributed by atoms with Crippen LogP contribution in [0.5, 0.6) is 0 Å². The van der Waals surface area contributed by atoms with Crippen molar-refractivity contribution in [2.45, 2.75) is 19.4 Å². The highest BCUT2D eigenvalue weighted by molar-refractivity contribution is 6.30. The van der Waals surface area contributed by atoms with Crippen LogP contribution in [-0.2, 0) is 17.8 Å². The summed E-state index contributed by atoms with van der Waals surface area (Å²) in [6.45, 7) is 0.448. The largest absolute Gasteiger partial charge is 0.342 e. The van der Waals surface area contributed by atoms with E-state index in [9.17, 15) is 4.79 Å². The molecule has 0 aliphatic rings. The average Bonchev–Trinajstić information content (AvgIpc) is 3.47. The fraction of sp³-hybridized carbons (Fsp3) is 0.148. The van der Waals surface area contributed by atoms with Crippen LogP contribution in [0.3, 0.4) is 0 Å². The van der Waals surface area contributed by atoms with Gasteiger partial charge in [0.2, 0.25) is 5.91 Å². The molecule has 0 radical (unpaired) electrons. The molecule has 0 fully saturated rings. The SMILES string of the molecule is CN(Cc1cn(-c2ccccc2)nc1-c1ccc(Cl)cc1)C(=O)CCc1nc2ccccc2[nH]1. The van der Waals surface area contributed by atoms with Crippen LogP contribution in [0.25, 0.3) is 28.0 Å². The molecular weight excluding hydrogens is 446 g/mol. The van der Waals surface area contributed by atoms with Crippen molar-refractivity contribution in [1.29, 1.82) is 0 Å². The Balaban J connectivity index is 1.34. The summed E-state index contributed by atoms with van der Waals surface area (Å²) < 4.78 is 1.85. The van der Waals surface area contributed by atoms with E-state index in [1.807, 2.05) is 96.8 Å². The molecule has 170 valence electrons. The maximum Gasteiger partial charge on any atom is 0.223 e. The van der Waals surface area contributed by atoms with Gasteiger partial charge in [0, 0.05) is 48.8 Å². The van der Waals surface area contributed by atoms with Crippen LogP contribution < -0.4 is 0 Å². The summed E-state index contributed by atoms with van der Waals surface area (Å²) in [4.78, 5) is 22.6. The van der Waals surface area contributed by atoms with E-state index in [1.165, 1.54) is 0 Å². The molecule has 0 aliphatic heterocycles. The molecule has 5 rings (SSSR count). The van der Waals surface area contributed by atoms with Crippen LogP contribution in [0.15, 0.2) is 85.1 Å². The first-order valence-corrected chi connectivity index (χ1v) is 11.5. The Labute approximate surface area is 202 Å². The summed E-state index contributed by atoms with van der Waals surface area (Å²) in [6.07, 6.45) is 2.92. The third-order valence-electron chi connectivity index (χ3n) is 5.78. The molecule has 7 heteroatoms. The van der Waals surface area contributed by atoms with Gasteiger partial charge in [-0.15, -0.1) is 0 Å². The molecule has 0 bridgehead atoms. The number of aryl methyl sites for hydroxylation is 1. The second-order valence-corrected chi connectivity index (χ2v) is 8.68. The number of nitrogens with one attached hydrogen (secondary N) is 1. The van der Waals surface area contributed by atoms with Gasteiger partial charge in [0.25, 0.3) is 0 Å². The van der Waals surface area contributed by atoms with Crippen LogP contribution in [0.1, 0.15) is 17.8 Å². The van der Waals surface area contributed by atoms with Gasteiger partial charge in [-0.3, -0.25) is 4.79 Å². The summed E-state index contributed by atoms with van der Waals surface area (Å²) in [5, 5.41) is 5.50. The minimum absolute atomic E-state index is 0.0509. The Morgan fingerprint density at radius 2 is 1.74 bits per heavy atom. The van der Waals surface area contributed by atoms with Gasteiger partial charge in [0.1, 0.15) is 5.82 Å². The van der Waals surface area contributed by atoms with E-state index in [4.69, 9.17) is 16.7 Å². The lowest BCUT2D eigenvalue weighted by molar-refractivity contribution is -0.130. The lowest BCUT2D eigenvalue weighted by Crippen LogP contribution is -2.26. The number of fused-ring (bicyclic) bond motifs is 1. The Morgan fingerprint density at radius 3 is 2.50 bits per heavy atom. The predicted molar refractivity (Wildman–Crippen MR) is 135 cm³/mol. The van der Waals surface area contributed by atoms with Crippen molar-refractivity contribution >= 4 is 28.5 Å². The summed E-state index contributed by atoms with van der Waals surface area (Å²) in [7, 11) is 1.83. The minimum Gasteiger partial charge on any atom is -0.342 e. The van der Waals surface area contributed by atoms with Crippen molar-refractivity contribution in [3.63, 3.8) is 0 Å². The molecule has 0 saturated heterocycles. The summed E-state index contributed by atoms with van der Waals surface area (Å²) >= 11 is 6.09. The van der Waals surface area contributed by atoms with E-state index in [-0.39, 0.29) is 5.91 Å². The molecule has 0 unspecified atom stereocenters. The lowest BCUT2D eigenvalue weighted by atomic mass is 10.1. The number of amides is 1. The standard InChI is InChI=1S/C27H24ClN5O/c1-32(26(34)16-15-25-29-23-9-5-6-10-24(23)30-25)17-20-18-33(22-7-3-2-4-8-22)31-27(20)19-11-13-21(28)14-12-19/h2-14,18H,15-17H2,1H3,(H,29,30). The molecule has 0 atom stereocenters. The van der Waals surface area contributed by atoms with Crippen LogP contribution in [-0.4, -0.2) is 37.6 Å². The van der Waals surface area contributed by atoms with Crippen molar-refractivity contribution < 1.29 is 4.79 Å². The average molecular weight is 470 g/mol. The van der Waals surface area contributed by atoms with E-state index in [0.29, 0.717) is 24.4 Å². The normalized spacial score (nSPS) is 11.1. The molecule has 2 heterocycles. The van der Waals surface area contributed by atoms with E-state index in [1.54, 1.807) is 4.90 Å². The van der Waals surface area contributed by atoms with E-state index < -0.39 is 0 Å². The molecule has 0 aliphatic carbocycles. The van der Waals surface area contributed by atoms with Gasteiger partial charge in [-0.2, -0.15) is 5.10 Å². The van der Waals surface area contributed by atoms with E-state index in [2.05, 4.69) is 9.97 Å². The maximum atomic E-state index is 12.9. The number of hydrogen-bond donors (Lipinski definition) is 1. The van der Waals surface area contributed by atoms with Crippen molar-refractivity contribution in [2.24, 2.45) is 0 Å². The molecule has 1 amide bonds. The Bertz CT molecular complexity index is 1390. The fourth-order valence-corrected chi connectivity index (χ4v) is 4.10. The molecule has 1 N–H and O–H groups in total. The number of hydrogen-bond acceptors (Lipinski definition) is 3. The molecular formula is C27H24ClN5O. The fourth-order valence-electron chi connectivity index (χ4n) is 3.97. The van der Waals surface area contributed by atoms with E-state index >= 15 is 0 Å². The number of halogens is 1. The molecule has 6 nitrogen and oxygen atoms in total. The number of rotatable bonds is 7. The van der Waals surface area contributed by atoms with Gasteiger partial charge in [0.05, 0.1) is 22.4 Å². The minimum atomic E-state index is 0.0509. The molecule has 0 saturated carbocycles. The highest BCUT2D eigenvalue weighted by atomic mass is 35.5. The number of aromatic nitrogens is 4. The van der Waals surface area contributed by atoms with Gasteiger partial charge in [-0.1, -0.05) is 54.1 Å². The highest BCUT2D eigenvalue weighted by Crippen LogP contribution is 2.26. The van der Waals surface area contributed by atoms with Crippen molar-refractivity contribution in [1.82, 2.24) is 24.6 Å². The Kier molecular flexibility index (Phi) is 6.14. The first-order valence-electron chi connectivity index (χ1n) is 11.1. The predicted octanol–water partition coefficient (Wildman–Crippen LogP) is 5.66. The third kappa shape index (κ3) is 4.72. The number of aromatic amines is 1. The zero-order valence-electron chi connectivity index (χ0n) is 18.8. The zero-order chi connectivity index (χ0) is 23.5.